The molecule has 0 aliphatic rings. The van der Waals surface area contributed by atoms with E-state index in [0.717, 1.165) is 0 Å². The van der Waals surface area contributed by atoms with E-state index in [2.05, 4.69) is 6.58 Å². The van der Waals surface area contributed by atoms with E-state index in [1.165, 1.54) is 6.92 Å². The van der Waals surface area contributed by atoms with E-state index in [1.54, 1.807) is 0 Å². The number of hydrogen-bond acceptors (Lipinski definition) is 1. The Kier molecular flexibility index (Phi) is 7.35. The van der Waals surface area contributed by atoms with Crippen molar-refractivity contribution in [3.05, 3.63) is 12.2 Å². The largest absolute Gasteiger partial charge is 2.00 e. The van der Waals surface area contributed by atoms with Gasteiger partial charge in [0.15, 0.2) is 0 Å². The molecule has 0 radical (unpaired) electrons. The molecule has 0 aromatic carbocycles. The molecule has 0 saturated heterocycles. The van der Waals surface area contributed by atoms with Gasteiger partial charge in [0.25, 0.3) is 0 Å². The molecule has 0 aromatic rings. The Morgan fingerprint density at radius 3 is 2.00 bits per heavy atom. The Bertz CT molecular complexity index is 82.6. The van der Waals surface area contributed by atoms with Gasteiger partial charge in [0, 0.05) is 5.57 Å². The predicted octanol–water partition coefficient (Wildman–Crippen LogP) is 0.491. The van der Waals surface area contributed by atoms with Crippen molar-refractivity contribution < 1.29 is 12.8 Å². The second-order valence-corrected chi connectivity index (χ2v) is 1.09. The zero-order valence-electron chi connectivity index (χ0n) is 6.27. The summed E-state index contributed by atoms with van der Waals surface area (Å²) in [5.41, 5.74) is 0.176. The fourth-order valence-electron chi connectivity index (χ4n) is 0. The molecule has 0 spiro atoms. The molecule has 0 unspecified atom stereocenters. The van der Waals surface area contributed by atoms with Gasteiger partial charge in [-0.05, 0) is 6.92 Å². The molecule has 0 saturated carbocycles. The second-order valence-electron chi connectivity index (χ2n) is 1.09. The summed E-state index contributed by atoms with van der Waals surface area (Å²) in [4.78, 5) is 9.60. The van der Waals surface area contributed by atoms with Crippen molar-refractivity contribution in [3.63, 3.8) is 0 Å². The average molecular weight is 176 g/mol. The summed E-state index contributed by atoms with van der Waals surface area (Å²) >= 11 is 0. The smallest absolute Gasteiger partial charge is 1.00 e. The number of hydrogen-bond donors (Lipinski definition) is 1. The summed E-state index contributed by atoms with van der Waals surface area (Å²) in [6.07, 6.45) is 0. The third-order valence-electron chi connectivity index (χ3n) is 0.365. The molecule has 2 nitrogen and oxygen atoms in total. The fraction of sp³-hybridized carbons (Fsp3) is 0.250. The Morgan fingerprint density at radius 2 is 2.00 bits per heavy atom. The Hall–Kier alpha value is 0.691. The van der Waals surface area contributed by atoms with E-state index in [0.29, 0.717) is 0 Å². The van der Waals surface area contributed by atoms with Crippen LogP contribution < -0.4 is 0 Å². The summed E-state index contributed by atoms with van der Waals surface area (Å²) in [7, 11) is 0. The molecule has 7 heavy (non-hydrogen) atoms. The van der Waals surface area contributed by atoms with Crippen molar-refractivity contribution in [2.45, 2.75) is 6.92 Å². The van der Waals surface area contributed by atoms with Crippen LogP contribution in [-0.2, 0) is 4.79 Å². The molecule has 38 valence electrons. The monoisotopic (exact) mass is 176 g/mol. The van der Waals surface area contributed by atoms with Gasteiger partial charge in [-0.1, -0.05) is 6.58 Å². The minimum Gasteiger partial charge on any atom is -1.00 e. The zero-order chi connectivity index (χ0) is 5.15. The standard InChI is InChI=1S/C4H6O2.Sr.2H/c1-3(2)4(5)6;;;/h1H2,2H3,(H,5,6);;;/q;+2;2*-1. The van der Waals surface area contributed by atoms with Crippen molar-refractivity contribution in [1.29, 1.82) is 0 Å². The van der Waals surface area contributed by atoms with Gasteiger partial charge in [-0.2, -0.15) is 0 Å². The maximum absolute atomic E-state index is 9.60. The Morgan fingerprint density at radius 1 is 1.86 bits per heavy atom. The SMILES string of the molecule is C=C(C)C(=O)O.[H-].[H-].[Sr+2]. The zero-order valence-corrected chi connectivity index (χ0v) is 7.75. The Labute approximate surface area is 82.5 Å². The van der Waals surface area contributed by atoms with Crippen molar-refractivity contribution in [3.8, 4) is 0 Å². The van der Waals surface area contributed by atoms with Gasteiger partial charge in [0.2, 0.25) is 0 Å². The topological polar surface area (TPSA) is 37.3 Å². The maximum atomic E-state index is 9.60. The van der Waals surface area contributed by atoms with Crippen LogP contribution >= 0.6 is 0 Å². The number of carboxylic acids is 1. The van der Waals surface area contributed by atoms with E-state index in [-0.39, 0.29) is 53.9 Å². The first-order valence-corrected chi connectivity index (χ1v) is 1.53. The van der Waals surface area contributed by atoms with Crippen molar-refractivity contribution in [1.82, 2.24) is 0 Å². The van der Waals surface area contributed by atoms with Crippen LogP contribution in [0.3, 0.4) is 0 Å². The molecule has 3 heteroatoms. The van der Waals surface area contributed by atoms with Crippen LogP contribution in [0.1, 0.15) is 9.78 Å². The number of aliphatic carboxylic acids is 1. The van der Waals surface area contributed by atoms with Crippen LogP contribution in [0.25, 0.3) is 0 Å². The average Bonchev–Trinajstić information content (AvgIpc) is 1.36. The van der Waals surface area contributed by atoms with E-state index in [1.807, 2.05) is 0 Å². The molecule has 0 atom stereocenters. The molecule has 0 aliphatic carbocycles. The fourth-order valence-corrected chi connectivity index (χ4v) is 0. The van der Waals surface area contributed by atoms with E-state index < -0.39 is 5.97 Å². The van der Waals surface area contributed by atoms with Crippen LogP contribution in [0.4, 0.5) is 0 Å². The summed E-state index contributed by atoms with van der Waals surface area (Å²) < 4.78 is 0. The molecule has 1 N–H and O–H groups in total. The summed E-state index contributed by atoms with van der Waals surface area (Å²) in [5.74, 6) is -0.935. The van der Waals surface area contributed by atoms with Gasteiger partial charge in [-0.25, -0.2) is 4.79 Å². The minimum atomic E-state index is -0.935. The first-order chi connectivity index (χ1) is 2.64. The molecule has 0 rings (SSSR count). The van der Waals surface area contributed by atoms with Gasteiger partial charge in [0.05, 0.1) is 0 Å². The quantitative estimate of drug-likeness (QED) is 0.466. The van der Waals surface area contributed by atoms with Crippen LogP contribution in [0.15, 0.2) is 12.2 Å². The molecule has 0 amide bonds. The third-order valence-corrected chi connectivity index (χ3v) is 0.365. The summed E-state index contributed by atoms with van der Waals surface area (Å²) in [5, 5.41) is 7.89. The molecule has 0 aromatic heterocycles. The van der Waals surface area contributed by atoms with Crippen LogP contribution in [0, 0.1) is 0 Å². The first kappa shape index (κ1) is 10.6. The summed E-state index contributed by atoms with van der Waals surface area (Å²) in [6.45, 7) is 4.60. The van der Waals surface area contributed by atoms with Gasteiger partial charge in [-0.15, -0.1) is 0 Å². The van der Waals surface area contributed by atoms with Gasteiger partial charge >= 0.3 is 51.5 Å². The second kappa shape index (κ2) is 4.84. The third kappa shape index (κ3) is 6.69. The first-order valence-electron chi connectivity index (χ1n) is 1.53. The molecular weight excluding hydrogens is 168 g/mol. The predicted molar refractivity (Wildman–Crippen MR) is 30.4 cm³/mol. The molecule has 0 heterocycles. The maximum Gasteiger partial charge on any atom is 2.00 e. The minimum absolute atomic E-state index is 0. The molecule has 0 fully saturated rings. The Balaban J connectivity index is -0.0000000417. The van der Waals surface area contributed by atoms with Gasteiger partial charge in [-0.3, -0.25) is 0 Å². The van der Waals surface area contributed by atoms with Crippen molar-refractivity contribution in [2.75, 3.05) is 0 Å². The normalized spacial score (nSPS) is 6.43. The molecule has 0 aliphatic heterocycles. The van der Waals surface area contributed by atoms with Crippen LogP contribution in [0.2, 0.25) is 0 Å². The van der Waals surface area contributed by atoms with Crippen LogP contribution in [-0.4, -0.2) is 56.6 Å². The van der Waals surface area contributed by atoms with E-state index in [4.69, 9.17) is 5.11 Å². The number of carboxylic acid groups (broad SMARTS) is 1. The molecular formula is C4H8O2Sr. The number of rotatable bonds is 1. The van der Waals surface area contributed by atoms with Gasteiger partial charge in [0.1, 0.15) is 0 Å². The van der Waals surface area contributed by atoms with Gasteiger partial charge < -0.3 is 7.96 Å². The molecule has 0 bridgehead atoms. The van der Waals surface area contributed by atoms with Crippen molar-refractivity contribution >= 4 is 51.5 Å². The van der Waals surface area contributed by atoms with E-state index in [9.17, 15) is 4.79 Å². The van der Waals surface area contributed by atoms with Crippen molar-refractivity contribution in [2.24, 2.45) is 0 Å². The number of carbonyl (C=O) groups is 1. The van der Waals surface area contributed by atoms with E-state index >= 15 is 0 Å². The summed E-state index contributed by atoms with van der Waals surface area (Å²) in [6, 6.07) is 0. The van der Waals surface area contributed by atoms with Crippen LogP contribution in [0.5, 0.6) is 0 Å².